The highest BCUT2D eigenvalue weighted by Gasteiger charge is 2.42. The van der Waals surface area contributed by atoms with Crippen LogP contribution in [-0.4, -0.2) is 30.9 Å². The van der Waals surface area contributed by atoms with Crippen LogP contribution in [0.4, 0.5) is 0 Å². The topological polar surface area (TPSA) is 60.4 Å². The van der Waals surface area contributed by atoms with Crippen molar-refractivity contribution >= 4 is 27.6 Å². The van der Waals surface area contributed by atoms with Crippen molar-refractivity contribution in [3.63, 3.8) is 0 Å². The number of hydrogen-bond donors (Lipinski definition) is 0. The number of esters is 1. The largest absolute Gasteiger partial charge is 0.493 e. The summed E-state index contributed by atoms with van der Waals surface area (Å²) in [6.07, 6.45) is 0.284. The van der Waals surface area contributed by atoms with Crippen molar-refractivity contribution in [3.05, 3.63) is 93.5 Å². The molecule has 3 aromatic carbocycles. The van der Waals surface area contributed by atoms with E-state index in [2.05, 4.69) is 34.1 Å². The minimum atomic E-state index is -0.463. The first-order valence-electron chi connectivity index (χ1n) is 10.2. The first-order valence-corrected chi connectivity index (χ1v) is 11.0. The normalized spacial score (nSPS) is 18.8. The van der Waals surface area contributed by atoms with Gasteiger partial charge in [0.2, 0.25) is 6.23 Å². The number of carbonyl (C=O) groups excluding carboxylic acids is 1. The summed E-state index contributed by atoms with van der Waals surface area (Å²) in [5, 5.41) is 6.98. The lowest BCUT2D eigenvalue weighted by Crippen LogP contribution is -2.34. The van der Waals surface area contributed by atoms with E-state index >= 15 is 0 Å². The number of methoxy groups -OCH3 is 2. The SMILES string of the molecule is COC(=O)c1ccc([C@H]2Oc3c(OC)cc(Br)cc3[C@@H]3CC(c4ccccc4)=NN23)cc1. The Kier molecular flexibility index (Phi) is 5.35. The molecule has 0 saturated heterocycles. The molecule has 2 heterocycles. The lowest BCUT2D eigenvalue weighted by molar-refractivity contribution is -0.0209. The average Bonchev–Trinajstić information content (AvgIpc) is 3.29. The molecule has 3 aromatic rings. The first kappa shape index (κ1) is 20.6. The molecule has 2 atom stereocenters. The van der Waals surface area contributed by atoms with Gasteiger partial charge in [-0.25, -0.2) is 9.80 Å². The highest BCUT2D eigenvalue weighted by Crippen LogP contribution is 2.51. The predicted octanol–water partition coefficient (Wildman–Crippen LogP) is 5.49. The summed E-state index contributed by atoms with van der Waals surface area (Å²) in [5.41, 5.74) is 4.48. The molecule has 0 radical (unpaired) electrons. The van der Waals surface area contributed by atoms with Crippen LogP contribution in [0, 0.1) is 0 Å². The number of halogens is 1. The van der Waals surface area contributed by atoms with Crippen LogP contribution in [-0.2, 0) is 4.74 Å². The zero-order chi connectivity index (χ0) is 22.2. The van der Waals surface area contributed by atoms with Crippen LogP contribution >= 0.6 is 15.9 Å². The Hall–Kier alpha value is -3.32. The van der Waals surface area contributed by atoms with Crippen LogP contribution < -0.4 is 9.47 Å². The molecule has 2 aliphatic heterocycles. The van der Waals surface area contributed by atoms with Gasteiger partial charge in [-0.1, -0.05) is 58.4 Å². The third kappa shape index (κ3) is 3.52. The monoisotopic (exact) mass is 492 g/mol. The molecule has 6 nitrogen and oxygen atoms in total. The second-order valence-electron chi connectivity index (χ2n) is 7.62. The summed E-state index contributed by atoms with van der Waals surface area (Å²) >= 11 is 3.59. The van der Waals surface area contributed by atoms with Crippen LogP contribution in [0.3, 0.4) is 0 Å². The van der Waals surface area contributed by atoms with Crippen LogP contribution in [0.25, 0.3) is 0 Å². The van der Waals surface area contributed by atoms with Gasteiger partial charge in [-0.3, -0.25) is 0 Å². The van der Waals surface area contributed by atoms with Gasteiger partial charge in [0.15, 0.2) is 11.5 Å². The van der Waals surface area contributed by atoms with Crippen molar-refractivity contribution in [2.75, 3.05) is 14.2 Å². The minimum absolute atomic E-state index is 0.00867. The first-order chi connectivity index (χ1) is 15.6. The maximum Gasteiger partial charge on any atom is 0.337 e. The molecule has 0 amide bonds. The third-order valence-electron chi connectivity index (χ3n) is 5.76. The smallest absolute Gasteiger partial charge is 0.337 e. The van der Waals surface area contributed by atoms with E-state index in [0.29, 0.717) is 17.1 Å². The number of carbonyl (C=O) groups is 1. The second kappa shape index (κ2) is 8.31. The van der Waals surface area contributed by atoms with E-state index in [1.165, 1.54) is 7.11 Å². The van der Waals surface area contributed by atoms with E-state index < -0.39 is 6.23 Å². The highest BCUT2D eigenvalue weighted by atomic mass is 79.9. The molecule has 2 aliphatic rings. The fourth-order valence-corrected chi connectivity index (χ4v) is 4.66. The average molecular weight is 493 g/mol. The van der Waals surface area contributed by atoms with E-state index in [-0.39, 0.29) is 12.0 Å². The maximum absolute atomic E-state index is 11.9. The molecule has 0 saturated carbocycles. The van der Waals surface area contributed by atoms with Gasteiger partial charge >= 0.3 is 5.97 Å². The lowest BCUT2D eigenvalue weighted by Gasteiger charge is -2.38. The van der Waals surface area contributed by atoms with E-state index in [1.54, 1.807) is 19.2 Å². The van der Waals surface area contributed by atoms with Crippen LogP contribution in [0.1, 0.15) is 45.7 Å². The van der Waals surface area contributed by atoms with E-state index in [4.69, 9.17) is 19.3 Å². The predicted molar refractivity (Wildman–Crippen MR) is 124 cm³/mol. The fraction of sp³-hybridized carbons (Fsp3) is 0.200. The van der Waals surface area contributed by atoms with Gasteiger partial charge in [-0.2, -0.15) is 5.10 Å². The van der Waals surface area contributed by atoms with Gasteiger partial charge < -0.3 is 14.2 Å². The van der Waals surface area contributed by atoms with Crippen molar-refractivity contribution < 1.29 is 19.0 Å². The number of nitrogens with zero attached hydrogens (tertiary/aromatic N) is 2. The summed E-state index contributed by atoms with van der Waals surface area (Å²) < 4.78 is 17.8. The zero-order valence-electron chi connectivity index (χ0n) is 17.6. The lowest BCUT2D eigenvalue weighted by atomic mass is 9.95. The van der Waals surface area contributed by atoms with Gasteiger partial charge in [-0.05, 0) is 29.8 Å². The highest BCUT2D eigenvalue weighted by molar-refractivity contribution is 9.10. The Morgan fingerprint density at radius 2 is 1.84 bits per heavy atom. The quantitative estimate of drug-likeness (QED) is 0.450. The van der Waals surface area contributed by atoms with Crippen molar-refractivity contribution in [2.45, 2.75) is 18.7 Å². The van der Waals surface area contributed by atoms with Crippen molar-refractivity contribution in [1.82, 2.24) is 5.01 Å². The van der Waals surface area contributed by atoms with Crippen LogP contribution in [0.5, 0.6) is 11.5 Å². The summed E-state index contributed by atoms with van der Waals surface area (Å²) in [6.45, 7) is 0. The number of hydrogen-bond acceptors (Lipinski definition) is 6. The number of ether oxygens (including phenoxy) is 3. The van der Waals surface area contributed by atoms with Crippen LogP contribution in [0.15, 0.2) is 76.3 Å². The van der Waals surface area contributed by atoms with Crippen molar-refractivity contribution in [2.24, 2.45) is 5.10 Å². The van der Waals surface area contributed by atoms with Gasteiger partial charge in [0, 0.05) is 22.0 Å². The molecule has 0 fully saturated rings. The Labute approximate surface area is 194 Å². The molecule has 0 aliphatic carbocycles. The number of fused-ring (bicyclic) bond motifs is 3. The van der Waals surface area contributed by atoms with E-state index in [0.717, 1.165) is 33.3 Å². The molecule has 0 spiro atoms. The molecule has 5 rings (SSSR count). The minimum Gasteiger partial charge on any atom is -0.493 e. The molecular weight excluding hydrogens is 472 g/mol. The molecule has 7 heteroatoms. The van der Waals surface area contributed by atoms with Gasteiger partial charge in [0.1, 0.15) is 0 Å². The van der Waals surface area contributed by atoms with Crippen LogP contribution in [0.2, 0.25) is 0 Å². The summed E-state index contributed by atoms with van der Waals surface area (Å²) in [5.74, 6) is 1.00. The zero-order valence-corrected chi connectivity index (χ0v) is 19.2. The molecule has 32 heavy (non-hydrogen) atoms. The van der Waals surface area contributed by atoms with E-state index in [9.17, 15) is 4.79 Å². The Morgan fingerprint density at radius 1 is 1.09 bits per heavy atom. The van der Waals surface area contributed by atoms with Gasteiger partial charge in [0.05, 0.1) is 31.5 Å². The number of rotatable bonds is 4. The van der Waals surface area contributed by atoms with Gasteiger partial charge in [-0.15, -0.1) is 0 Å². The Balaban J connectivity index is 1.60. The number of benzene rings is 3. The Morgan fingerprint density at radius 3 is 2.53 bits per heavy atom. The molecule has 0 aromatic heterocycles. The molecular formula is C25H21BrN2O4. The standard InChI is InChI=1S/C25H21BrN2O4/c1-30-22-13-18(26)12-19-21-14-20(15-6-4-3-5-7-15)27-28(21)24(32-23(19)22)16-8-10-17(11-9-16)25(29)31-2/h3-13,21,24H,14H2,1-2H3/t21-,24+/m0/s1. The number of hydrazone groups is 1. The summed E-state index contributed by atoms with van der Waals surface area (Å²) in [6, 6.07) is 21.4. The fourth-order valence-electron chi connectivity index (χ4n) is 4.20. The Bertz CT molecular complexity index is 1190. The molecule has 162 valence electrons. The third-order valence-corrected chi connectivity index (χ3v) is 6.22. The molecule has 0 bridgehead atoms. The van der Waals surface area contributed by atoms with Crippen molar-refractivity contribution in [3.8, 4) is 11.5 Å². The summed E-state index contributed by atoms with van der Waals surface area (Å²) in [7, 11) is 3.01. The molecule has 0 unspecified atom stereocenters. The van der Waals surface area contributed by atoms with Crippen molar-refractivity contribution in [1.29, 1.82) is 0 Å². The summed E-state index contributed by atoms with van der Waals surface area (Å²) in [4.78, 5) is 11.9. The van der Waals surface area contributed by atoms with Gasteiger partial charge in [0.25, 0.3) is 0 Å². The maximum atomic E-state index is 11.9. The van der Waals surface area contributed by atoms with E-state index in [1.807, 2.05) is 41.4 Å². The second-order valence-corrected chi connectivity index (χ2v) is 8.54. The molecule has 0 N–H and O–H groups in total.